The molecule has 1 saturated heterocycles. The number of anilines is 1. The van der Waals surface area contributed by atoms with Gasteiger partial charge in [-0.3, -0.25) is 14.4 Å². The first kappa shape index (κ1) is 42.4. The van der Waals surface area contributed by atoms with E-state index in [0.717, 1.165) is 39.9 Å². The highest BCUT2D eigenvalue weighted by Crippen LogP contribution is 2.61. The van der Waals surface area contributed by atoms with Crippen LogP contribution < -0.4 is 20.3 Å². The molecule has 59 heavy (non-hydrogen) atoms. The number of hydrogen-bond donors (Lipinski definition) is 4. The number of nitrogens with one attached hydrogen (secondary N) is 2. The van der Waals surface area contributed by atoms with E-state index in [2.05, 4.69) is 55.7 Å². The summed E-state index contributed by atoms with van der Waals surface area (Å²) in [5.41, 5.74) is 6.27. The highest BCUT2D eigenvalue weighted by atomic mass is 16.7. The minimum absolute atomic E-state index is 0.0316. The van der Waals surface area contributed by atoms with E-state index in [4.69, 9.17) is 9.57 Å². The lowest BCUT2D eigenvalue weighted by Crippen LogP contribution is -2.62. The normalized spacial score (nSPS) is 25.2. The highest BCUT2D eigenvalue weighted by molar-refractivity contribution is 5.97. The fourth-order valence-corrected chi connectivity index (χ4v) is 10.2. The summed E-state index contributed by atoms with van der Waals surface area (Å²) in [6, 6.07) is 31.1. The lowest BCUT2D eigenvalue weighted by atomic mass is 9.45. The van der Waals surface area contributed by atoms with E-state index >= 15 is 0 Å². The molecule has 4 N–H and O–H groups in total. The second kappa shape index (κ2) is 17.9. The lowest BCUT2D eigenvalue weighted by Gasteiger charge is -2.62. The third-order valence-electron chi connectivity index (χ3n) is 13.7. The van der Waals surface area contributed by atoms with E-state index in [1.165, 1.54) is 6.42 Å². The molecular formula is C49H62N4O6. The van der Waals surface area contributed by atoms with Gasteiger partial charge < -0.3 is 30.5 Å². The molecule has 4 aliphatic rings. The van der Waals surface area contributed by atoms with Crippen molar-refractivity contribution in [1.82, 2.24) is 15.7 Å². The second-order valence-electron chi connectivity index (χ2n) is 17.9. The van der Waals surface area contributed by atoms with Crippen molar-refractivity contribution < 1.29 is 29.4 Å². The van der Waals surface area contributed by atoms with Crippen LogP contribution in [-0.4, -0.2) is 85.2 Å². The first-order valence-corrected chi connectivity index (χ1v) is 21.2. The van der Waals surface area contributed by atoms with Gasteiger partial charge in [-0.1, -0.05) is 99.6 Å². The van der Waals surface area contributed by atoms with Crippen molar-refractivity contribution in [1.29, 1.82) is 0 Å². The molecule has 314 valence electrons. The Morgan fingerprint density at radius 2 is 1.61 bits per heavy atom. The standard InChI is InChI=1S/C49H62N4O6/c1-30-41-26-37(49(41,3)4)27-42(30)51-48(57)45-44(31(2)55)43(29-54)59-53(45)28-34-19-14-20-40(46(34)58-7)35-23-36(25-39(24-35)52(5)6)47(56)50-38(21-32-15-10-8-11-16-32)22-33-17-12-9-13-18-33/h8-20,23-25,30-31,37-38,41-45,54-55H,21-22,26-29H2,1-7H3,(H,50,56)(H,51,57)/t30-,31-,37+,41-,42-,43-,44+,45?/m0/s1. The van der Waals surface area contributed by atoms with Crippen LogP contribution in [0.4, 0.5) is 5.69 Å². The maximum atomic E-state index is 14.3. The number of aliphatic hydroxyl groups is 2. The molecule has 10 heteroatoms. The van der Waals surface area contributed by atoms with Crippen molar-refractivity contribution in [3.8, 4) is 16.9 Å². The highest BCUT2D eigenvalue weighted by Gasteiger charge is 2.57. The first-order chi connectivity index (χ1) is 28.3. The number of fused-ring (bicyclic) bond motifs is 2. The molecule has 2 amide bonds. The average Bonchev–Trinajstić information content (AvgIpc) is 3.60. The summed E-state index contributed by atoms with van der Waals surface area (Å²) >= 11 is 0. The number of benzene rings is 4. The molecule has 1 heterocycles. The van der Waals surface area contributed by atoms with Crippen LogP contribution in [0.1, 0.15) is 67.6 Å². The van der Waals surface area contributed by atoms with E-state index in [9.17, 15) is 19.8 Å². The Balaban J connectivity index is 1.17. The van der Waals surface area contributed by atoms with Gasteiger partial charge in [0.2, 0.25) is 5.91 Å². The quantitative estimate of drug-likeness (QED) is 0.105. The van der Waals surface area contributed by atoms with Crippen molar-refractivity contribution >= 4 is 17.5 Å². The molecule has 2 bridgehead atoms. The van der Waals surface area contributed by atoms with E-state index in [1.807, 2.05) is 91.8 Å². The number of ether oxygens (including phenoxy) is 1. The number of hydroxylamine groups is 2. The van der Waals surface area contributed by atoms with Crippen LogP contribution in [0.3, 0.4) is 0 Å². The van der Waals surface area contributed by atoms with Crippen LogP contribution in [0.2, 0.25) is 0 Å². The molecule has 10 nitrogen and oxygen atoms in total. The van der Waals surface area contributed by atoms with Gasteiger partial charge in [0.05, 0.1) is 26.4 Å². The summed E-state index contributed by atoms with van der Waals surface area (Å²) in [7, 11) is 5.52. The number of aliphatic hydroxyl groups excluding tert-OH is 2. The number of para-hydroxylation sites is 1. The van der Waals surface area contributed by atoms with Crippen molar-refractivity contribution in [3.63, 3.8) is 0 Å². The van der Waals surface area contributed by atoms with Gasteiger partial charge in [0.15, 0.2) is 0 Å². The average molecular weight is 803 g/mol. The second-order valence-corrected chi connectivity index (χ2v) is 17.9. The van der Waals surface area contributed by atoms with Gasteiger partial charge in [0.25, 0.3) is 5.91 Å². The lowest BCUT2D eigenvalue weighted by molar-refractivity contribution is -0.183. The molecular weight excluding hydrogens is 741 g/mol. The van der Waals surface area contributed by atoms with Crippen LogP contribution >= 0.6 is 0 Å². The van der Waals surface area contributed by atoms with Crippen LogP contribution in [0.5, 0.6) is 5.75 Å². The van der Waals surface area contributed by atoms with Gasteiger partial charge in [-0.2, -0.15) is 5.06 Å². The van der Waals surface area contributed by atoms with Gasteiger partial charge in [-0.05, 0) is 90.7 Å². The van der Waals surface area contributed by atoms with E-state index in [1.54, 1.807) is 19.1 Å². The molecule has 3 saturated carbocycles. The van der Waals surface area contributed by atoms with Crippen molar-refractivity contribution in [2.45, 2.75) is 90.3 Å². The Bertz CT molecular complexity index is 2030. The Morgan fingerprint density at radius 3 is 2.17 bits per heavy atom. The summed E-state index contributed by atoms with van der Waals surface area (Å²) in [6.07, 6.45) is 1.82. The number of carbonyl (C=O) groups excluding carboxylic acids is 2. The van der Waals surface area contributed by atoms with E-state index < -0.39 is 24.2 Å². The van der Waals surface area contributed by atoms with Gasteiger partial charge in [0.1, 0.15) is 17.9 Å². The minimum Gasteiger partial charge on any atom is -0.496 e. The number of carbonyl (C=O) groups is 2. The molecule has 1 unspecified atom stereocenters. The Labute approximate surface area is 349 Å². The summed E-state index contributed by atoms with van der Waals surface area (Å²) < 4.78 is 6.14. The zero-order chi connectivity index (χ0) is 42.0. The SMILES string of the molecule is COc1c(CN2O[C@@H](CO)[C@@H]([C@H](C)O)C2C(=O)N[C@H]2C[C@H]3C[C@@H]([C@@H]2C)C3(C)C)cccc1-c1cc(C(=O)NC(Cc2ccccc2)Cc2ccccc2)cc(N(C)C)c1. The summed E-state index contributed by atoms with van der Waals surface area (Å²) in [5, 5.41) is 29.8. The third kappa shape index (κ3) is 8.92. The fourth-order valence-electron chi connectivity index (χ4n) is 10.2. The summed E-state index contributed by atoms with van der Waals surface area (Å²) in [4.78, 5) is 36.9. The van der Waals surface area contributed by atoms with Gasteiger partial charge in [0, 0.05) is 54.5 Å². The molecule has 4 fully saturated rings. The van der Waals surface area contributed by atoms with E-state index in [0.29, 0.717) is 41.9 Å². The molecule has 4 aromatic carbocycles. The van der Waals surface area contributed by atoms with Gasteiger partial charge in [-0.15, -0.1) is 0 Å². The monoisotopic (exact) mass is 802 g/mol. The molecule has 0 spiro atoms. The topological polar surface area (TPSA) is 124 Å². The zero-order valence-corrected chi connectivity index (χ0v) is 35.6. The number of hydrogen-bond acceptors (Lipinski definition) is 8. The minimum atomic E-state index is -0.907. The Morgan fingerprint density at radius 1 is 0.949 bits per heavy atom. The molecule has 4 aromatic rings. The molecule has 1 aliphatic heterocycles. The zero-order valence-electron chi connectivity index (χ0n) is 35.6. The molecule has 0 radical (unpaired) electrons. The predicted octanol–water partition coefficient (Wildman–Crippen LogP) is 6.67. The molecule has 0 aromatic heterocycles. The van der Waals surface area contributed by atoms with Crippen LogP contribution in [0.15, 0.2) is 97.1 Å². The maximum Gasteiger partial charge on any atom is 0.251 e. The first-order valence-electron chi connectivity index (χ1n) is 21.2. The molecule has 3 aliphatic carbocycles. The summed E-state index contributed by atoms with van der Waals surface area (Å²) in [5.74, 6) is 0.997. The van der Waals surface area contributed by atoms with Crippen LogP contribution in [-0.2, 0) is 29.0 Å². The fraction of sp³-hybridized carbons (Fsp3) is 0.469. The molecule has 8 atom stereocenters. The van der Waals surface area contributed by atoms with Crippen molar-refractivity contribution in [3.05, 3.63) is 119 Å². The molecule has 8 rings (SSSR count). The number of amides is 2. The Kier molecular flexibility index (Phi) is 12.8. The van der Waals surface area contributed by atoms with Gasteiger partial charge >= 0.3 is 0 Å². The van der Waals surface area contributed by atoms with Crippen LogP contribution in [0.25, 0.3) is 11.1 Å². The smallest absolute Gasteiger partial charge is 0.251 e. The van der Waals surface area contributed by atoms with Crippen molar-refractivity contribution in [2.24, 2.45) is 29.1 Å². The van der Waals surface area contributed by atoms with Gasteiger partial charge in [-0.25, -0.2) is 0 Å². The summed E-state index contributed by atoms with van der Waals surface area (Å²) in [6.45, 7) is 8.39. The largest absolute Gasteiger partial charge is 0.496 e. The number of rotatable bonds is 15. The van der Waals surface area contributed by atoms with Crippen LogP contribution in [0, 0.1) is 29.1 Å². The van der Waals surface area contributed by atoms with E-state index in [-0.39, 0.29) is 42.5 Å². The predicted molar refractivity (Wildman–Crippen MR) is 232 cm³/mol. The van der Waals surface area contributed by atoms with Crippen molar-refractivity contribution in [2.75, 3.05) is 32.7 Å². The number of nitrogens with zero attached hydrogens (tertiary/aromatic N) is 2. The Hall–Kier alpha value is -4.74. The maximum absolute atomic E-state index is 14.3. The third-order valence-corrected chi connectivity index (χ3v) is 13.7. The number of methoxy groups -OCH3 is 1.